The number of phenols is 1. The molecule has 1 aromatic carbocycles. The van der Waals surface area contributed by atoms with E-state index in [2.05, 4.69) is 0 Å². The quantitative estimate of drug-likeness (QED) is 0.791. The molecule has 0 spiro atoms. The highest BCUT2D eigenvalue weighted by atomic mass is 19.4. The van der Waals surface area contributed by atoms with Crippen LogP contribution >= 0.6 is 0 Å². The Balaban J connectivity index is 2.28. The summed E-state index contributed by atoms with van der Waals surface area (Å²) in [7, 11) is 0. The predicted molar refractivity (Wildman–Crippen MR) is 58.7 cm³/mol. The Morgan fingerprint density at radius 3 is 2.58 bits per heavy atom. The minimum atomic E-state index is -4.90. The van der Waals surface area contributed by atoms with Gasteiger partial charge >= 0.3 is 12.1 Å². The average Bonchev–Trinajstić information content (AvgIpc) is 2.35. The van der Waals surface area contributed by atoms with Crippen LogP contribution in [-0.4, -0.2) is 34.9 Å². The van der Waals surface area contributed by atoms with E-state index in [-0.39, 0.29) is 30.8 Å². The second-order valence-corrected chi connectivity index (χ2v) is 4.27. The monoisotopic (exact) mass is 273 g/mol. The maximum Gasteiger partial charge on any atom is 0.471 e. The number of alkyl halides is 3. The van der Waals surface area contributed by atoms with Crippen LogP contribution in [0, 0.1) is 0 Å². The maximum absolute atomic E-state index is 12.3. The molecule has 2 rings (SSSR count). The van der Waals surface area contributed by atoms with Crippen molar-refractivity contribution in [2.75, 3.05) is 6.54 Å². The molecule has 0 saturated carbocycles. The minimum absolute atomic E-state index is 0.0611. The Labute approximate surface area is 106 Å². The number of aldehydes is 1. The smallest absolute Gasteiger partial charge is 0.471 e. The topological polar surface area (TPSA) is 57.6 Å². The number of carbonyl (C=O) groups excluding carboxylic acids is 2. The van der Waals surface area contributed by atoms with E-state index in [4.69, 9.17) is 0 Å². The molecular weight excluding hydrogens is 263 g/mol. The summed E-state index contributed by atoms with van der Waals surface area (Å²) in [5.41, 5.74) is 1.19. The van der Waals surface area contributed by atoms with Crippen molar-refractivity contribution in [1.29, 1.82) is 0 Å². The number of benzene rings is 1. The largest absolute Gasteiger partial charge is 0.507 e. The van der Waals surface area contributed by atoms with Gasteiger partial charge in [-0.1, -0.05) is 0 Å². The van der Waals surface area contributed by atoms with E-state index >= 15 is 0 Å². The third-order valence-corrected chi connectivity index (χ3v) is 3.02. The van der Waals surface area contributed by atoms with Gasteiger partial charge in [0.25, 0.3) is 0 Å². The number of halogens is 3. The number of nitrogens with zero attached hydrogens (tertiary/aromatic N) is 1. The first kappa shape index (κ1) is 13.4. The van der Waals surface area contributed by atoms with Crippen molar-refractivity contribution in [3.63, 3.8) is 0 Å². The second kappa shape index (κ2) is 4.56. The molecule has 0 bridgehead atoms. The molecule has 1 aliphatic heterocycles. The summed E-state index contributed by atoms with van der Waals surface area (Å²) in [5.74, 6) is -2.19. The van der Waals surface area contributed by atoms with Crippen LogP contribution in [0.2, 0.25) is 0 Å². The molecule has 102 valence electrons. The number of carbonyl (C=O) groups is 2. The number of aromatic hydroxyl groups is 1. The van der Waals surface area contributed by atoms with Crippen LogP contribution in [0.25, 0.3) is 0 Å². The third-order valence-electron chi connectivity index (χ3n) is 3.02. The van der Waals surface area contributed by atoms with Gasteiger partial charge in [-0.25, -0.2) is 0 Å². The van der Waals surface area contributed by atoms with Gasteiger partial charge < -0.3 is 10.0 Å². The Bertz CT molecular complexity index is 540. The molecule has 1 aliphatic rings. The SMILES string of the molecule is O=Cc1cc2c(cc1O)CN(C(=O)C(F)(F)F)CC2. The summed E-state index contributed by atoms with van der Waals surface area (Å²) >= 11 is 0. The van der Waals surface area contributed by atoms with Gasteiger partial charge in [0.1, 0.15) is 5.75 Å². The molecule has 1 amide bonds. The highest BCUT2D eigenvalue weighted by molar-refractivity contribution is 5.83. The normalized spacial score (nSPS) is 15.0. The van der Waals surface area contributed by atoms with E-state index in [9.17, 15) is 27.9 Å². The van der Waals surface area contributed by atoms with Crippen LogP contribution in [0.3, 0.4) is 0 Å². The van der Waals surface area contributed by atoms with Gasteiger partial charge in [0.05, 0.1) is 5.56 Å². The third kappa shape index (κ3) is 2.54. The van der Waals surface area contributed by atoms with Gasteiger partial charge in [-0.15, -0.1) is 0 Å². The zero-order valence-corrected chi connectivity index (χ0v) is 9.70. The van der Waals surface area contributed by atoms with Crippen molar-refractivity contribution in [3.05, 3.63) is 28.8 Å². The number of amides is 1. The van der Waals surface area contributed by atoms with Crippen molar-refractivity contribution in [2.45, 2.75) is 19.1 Å². The second-order valence-electron chi connectivity index (χ2n) is 4.27. The standard InChI is InChI=1S/C12H10F3NO3/c13-12(14,15)11(19)16-2-1-7-3-9(6-17)10(18)4-8(7)5-16/h3-4,6,18H,1-2,5H2. The highest BCUT2D eigenvalue weighted by Gasteiger charge is 2.43. The molecule has 1 heterocycles. The number of rotatable bonds is 1. The van der Waals surface area contributed by atoms with E-state index in [0.29, 0.717) is 22.3 Å². The van der Waals surface area contributed by atoms with E-state index in [0.717, 1.165) is 0 Å². The number of fused-ring (bicyclic) bond motifs is 1. The number of phenolic OH excluding ortho intramolecular Hbond substituents is 1. The molecule has 0 atom stereocenters. The van der Waals surface area contributed by atoms with Gasteiger partial charge in [0, 0.05) is 13.1 Å². The molecule has 0 saturated heterocycles. The summed E-state index contributed by atoms with van der Waals surface area (Å²) in [5, 5.41) is 9.49. The molecule has 0 aliphatic carbocycles. The lowest BCUT2D eigenvalue weighted by Crippen LogP contribution is -2.43. The highest BCUT2D eigenvalue weighted by Crippen LogP contribution is 2.28. The number of hydrogen-bond donors (Lipinski definition) is 1. The van der Waals surface area contributed by atoms with Crippen molar-refractivity contribution >= 4 is 12.2 Å². The molecule has 0 radical (unpaired) electrons. The van der Waals surface area contributed by atoms with Crippen molar-refractivity contribution in [2.24, 2.45) is 0 Å². The molecule has 4 nitrogen and oxygen atoms in total. The van der Waals surface area contributed by atoms with E-state index in [1.165, 1.54) is 12.1 Å². The Morgan fingerprint density at radius 1 is 1.32 bits per heavy atom. The van der Waals surface area contributed by atoms with Gasteiger partial charge in [0.15, 0.2) is 6.29 Å². The van der Waals surface area contributed by atoms with Crippen LogP contribution in [0.5, 0.6) is 5.75 Å². The molecule has 1 N–H and O–H groups in total. The van der Waals surface area contributed by atoms with Crippen LogP contribution in [-0.2, 0) is 17.8 Å². The summed E-state index contributed by atoms with van der Waals surface area (Å²) in [6.45, 7) is -0.283. The summed E-state index contributed by atoms with van der Waals surface area (Å²) in [6, 6.07) is 2.67. The van der Waals surface area contributed by atoms with Crippen molar-refractivity contribution < 1.29 is 27.9 Å². The summed E-state index contributed by atoms with van der Waals surface area (Å²) < 4.78 is 37.0. The summed E-state index contributed by atoms with van der Waals surface area (Å²) in [6.07, 6.45) is -4.20. The van der Waals surface area contributed by atoms with Gasteiger partial charge in [-0.3, -0.25) is 9.59 Å². The maximum atomic E-state index is 12.3. The lowest BCUT2D eigenvalue weighted by atomic mass is 9.97. The van der Waals surface area contributed by atoms with E-state index in [1.807, 2.05) is 0 Å². The fraction of sp³-hybridized carbons (Fsp3) is 0.333. The molecule has 1 aromatic rings. The predicted octanol–water partition coefficient (Wildman–Crippen LogP) is 1.65. The fourth-order valence-electron chi connectivity index (χ4n) is 2.06. The van der Waals surface area contributed by atoms with E-state index in [1.54, 1.807) is 0 Å². The first-order valence-electron chi connectivity index (χ1n) is 5.49. The molecule has 19 heavy (non-hydrogen) atoms. The molecule has 0 fully saturated rings. The molecule has 0 unspecified atom stereocenters. The minimum Gasteiger partial charge on any atom is -0.507 e. The van der Waals surface area contributed by atoms with Crippen LogP contribution in [0.15, 0.2) is 12.1 Å². The van der Waals surface area contributed by atoms with Crippen LogP contribution in [0.4, 0.5) is 13.2 Å². The fourth-order valence-corrected chi connectivity index (χ4v) is 2.06. The Kier molecular flexibility index (Phi) is 3.21. The Hall–Kier alpha value is -2.05. The molecule has 0 aromatic heterocycles. The van der Waals surface area contributed by atoms with Crippen LogP contribution in [0.1, 0.15) is 21.5 Å². The van der Waals surface area contributed by atoms with Gasteiger partial charge in [-0.05, 0) is 29.7 Å². The zero-order valence-electron chi connectivity index (χ0n) is 9.70. The molecular formula is C12H10F3NO3. The number of hydrogen-bond acceptors (Lipinski definition) is 3. The van der Waals surface area contributed by atoms with Gasteiger partial charge in [-0.2, -0.15) is 13.2 Å². The molecule has 7 heteroatoms. The van der Waals surface area contributed by atoms with Gasteiger partial charge in [0.2, 0.25) is 0 Å². The first-order chi connectivity index (χ1) is 8.82. The average molecular weight is 273 g/mol. The summed E-state index contributed by atoms with van der Waals surface area (Å²) in [4.78, 5) is 22.4. The lowest BCUT2D eigenvalue weighted by Gasteiger charge is -2.29. The Morgan fingerprint density at radius 2 is 2.00 bits per heavy atom. The van der Waals surface area contributed by atoms with E-state index < -0.39 is 12.1 Å². The lowest BCUT2D eigenvalue weighted by molar-refractivity contribution is -0.186. The van der Waals surface area contributed by atoms with Crippen molar-refractivity contribution in [3.8, 4) is 5.75 Å². The zero-order chi connectivity index (χ0) is 14.2. The first-order valence-corrected chi connectivity index (χ1v) is 5.49. The van der Waals surface area contributed by atoms with Crippen LogP contribution < -0.4 is 0 Å². The van der Waals surface area contributed by atoms with Crippen molar-refractivity contribution in [1.82, 2.24) is 4.90 Å².